The van der Waals surface area contributed by atoms with Crippen molar-refractivity contribution >= 4 is 35.9 Å². The minimum atomic E-state index is 0.0679. The van der Waals surface area contributed by atoms with Crippen LogP contribution in [0.5, 0.6) is 0 Å². The number of carbonyl (C=O) groups excluding carboxylic acids is 1. The van der Waals surface area contributed by atoms with Crippen molar-refractivity contribution in [2.75, 3.05) is 45.6 Å². The second-order valence-corrected chi connectivity index (χ2v) is 15.3. The highest BCUT2D eigenvalue weighted by molar-refractivity contribution is 6.30. The van der Waals surface area contributed by atoms with E-state index >= 15 is 0 Å². The summed E-state index contributed by atoms with van der Waals surface area (Å²) in [5.41, 5.74) is 8.68. The Hall–Kier alpha value is -5.21. The topological polar surface area (TPSA) is 125 Å². The molecule has 11 heteroatoms. The second kappa shape index (κ2) is 21.9. The third-order valence-electron chi connectivity index (χ3n) is 10.4. The van der Waals surface area contributed by atoms with Crippen LogP contribution >= 0.6 is 11.6 Å². The summed E-state index contributed by atoms with van der Waals surface area (Å²) >= 11 is 6.16. The zero-order valence-corrected chi connectivity index (χ0v) is 35.3. The number of likely N-dealkylation sites (tertiary alicyclic amines) is 1. The zero-order chi connectivity index (χ0) is 41.5. The minimum absolute atomic E-state index is 0.0679. The lowest BCUT2D eigenvalue weighted by Gasteiger charge is -2.34. The highest BCUT2D eigenvalue weighted by Crippen LogP contribution is 2.28. The first kappa shape index (κ1) is 44.5. The van der Waals surface area contributed by atoms with E-state index in [1.165, 1.54) is 6.21 Å². The van der Waals surface area contributed by atoms with Crippen molar-refractivity contribution in [2.24, 2.45) is 0 Å². The van der Waals surface area contributed by atoms with E-state index in [2.05, 4.69) is 68.8 Å². The van der Waals surface area contributed by atoms with Crippen LogP contribution in [0.15, 0.2) is 84.7 Å². The summed E-state index contributed by atoms with van der Waals surface area (Å²) in [6.07, 6.45) is 11.7. The molecule has 1 aliphatic rings. The van der Waals surface area contributed by atoms with E-state index in [0.29, 0.717) is 34.4 Å². The molecule has 0 saturated carbocycles. The van der Waals surface area contributed by atoms with E-state index < -0.39 is 0 Å². The summed E-state index contributed by atoms with van der Waals surface area (Å²) in [4.78, 5) is 21.5. The zero-order valence-electron chi connectivity index (χ0n) is 34.5. The average Bonchev–Trinajstić information content (AvgIpc) is 3.20. The molecule has 0 radical (unpaired) electrons. The Balaban J connectivity index is 1.35. The molecule has 5 N–H and O–H groups in total. The molecule has 0 amide bonds. The average molecular weight is 791 g/mol. The summed E-state index contributed by atoms with van der Waals surface area (Å²) in [5.74, 6) is 6.35. The Morgan fingerprint density at radius 1 is 1.16 bits per heavy atom. The number of benzene rings is 2. The second-order valence-electron chi connectivity index (χ2n) is 14.9. The fourth-order valence-corrected chi connectivity index (χ4v) is 7.39. The number of nitrogens with zero attached hydrogens (tertiary/aromatic N) is 4. The summed E-state index contributed by atoms with van der Waals surface area (Å²) in [6.45, 7) is 20.3. The standard InChI is InChI=1S/C46H60ClN9O/c1-9-10-14-44(34(5)50-7)54(8)30-42-38(31-57)12-11-13-43(42)52-40-21-24-55(25-22-40)26-23-51-29-36(28-48)16-15-33(4)27-41-35(6)56(32(2)3)46(49)53-45(41)37-17-19-39(47)20-18-37/h9,11-13,17-20,27-29,31-32,40,44,48-52H,1,5,10,14,21-26,30H2,2-4,6-8H3/b33-27+,36-29-,48-28?,49-46?. The van der Waals surface area contributed by atoms with Gasteiger partial charge in [0.1, 0.15) is 6.29 Å². The van der Waals surface area contributed by atoms with Crippen molar-refractivity contribution < 1.29 is 4.79 Å². The largest absolute Gasteiger partial charge is 0.391 e. The van der Waals surface area contributed by atoms with Gasteiger partial charge in [-0.05, 0) is 90.3 Å². The van der Waals surface area contributed by atoms with Crippen LogP contribution in [0.25, 0.3) is 17.3 Å². The predicted octanol–water partition coefficient (Wildman–Crippen LogP) is 7.99. The van der Waals surface area contributed by atoms with Gasteiger partial charge in [-0.25, -0.2) is 4.98 Å². The molecule has 1 fully saturated rings. The van der Waals surface area contributed by atoms with Crippen LogP contribution in [0.3, 0.4) is 0 Å². The molecule has 57 heavy (non-hydrogen) atoms. The summed E-state index contributed by atoms with van der Waals surface area (Å²) in [5, 5.41) is 27.6. The molecule has 0 spiro atoms. The number of piperidine rings is 1. The molecule has 2 aromatic carbocycles. The normalized spacial score (nSPS) is 14.5. The van der Waals surface area contributed by atoms with Crippen molar-refractivity contribution in [1.29, 1.82) is 10.8 Å². The first-order valence-corrected chi connectivity index (χ1v) is 20.1. The van der Waals surface area contributed by atoms with Crippen LogP contribution < -0.4 is 21.6 Å². The number of carbonyl (C=O) groups is 1. The third-order valence-corrected chi connectivity index (χ3v) is 10.7. The van der Waals surface area contributed by atoms with Gasteiger partial charge in [-0.15, -0.1) is 6.58 Å². The van der Waals surface area contributed by atoms with Gasteiger partial charge in [0.05, 0.1) is 11.3 Å². The third kappa shape index (κ3) is 12.4. The first-order chi connectivity index (χ1) is 27.4. The Morgan fingerprint density at radius 3 is 2.51 bits per heavy atom. The lowest BCUT2D eigenvalue weighted by molar-refractivity contribution is 0.112. The summed E-state index contributed by atoms with van der Waals surface area (Å²) in [6, 6.07) is 13.9. The Labute approximate surface area is 344 Å². The maximum absolute atomic E-state index is 12.1. The van der Waals surface area contributed by atoms with Gasteiger partial charge in [0.2, 0.25) is 5.62 Å². The molecule has 1 saturated heterocycles. The van der Waals surface area contributed by atoms with Crippen LogP contribution in [-0.4, -0.2) is 84.2 Å². The molecular formula is C46H60ClN9O. The Bertz CT molecular complexity index is 2060. The van der Waals surface area contributed by atoms with Crippen molar-refractivity contribution in [3.63, 3.8) is 0 Å². The fourth-order valence-electron chi connectivity index (χ4n) is 7.26. The number of nitrogens with one attached hydrogen (secondary N) is 5. The van der Waals surface area contributed by atoms with Gasteiger partial charge in [-0.1, -0.05) is 60.4 Å². The van der Waals surface area contributed by atoms with Crippen LogP contribution in [-0.2, 0) is 6.54 Å². The number of rotatable bonds is 19. The van der Waals surface area contributed by atoms with Crippen LogP contribution in [0.4, 0.5) is 5.69 Å². The Morgan fingerprint density at radius 2 is 1.88 bits per heavy atom. The smallest absolute Gasteiger partial charge is 0.222 e. The van der Waals surface area contributed by atoms with E-state index in [0.717, 1.165) is 97.5 Å². The predicted molar refractivity (Wildman–Crippen MR) is 238 cm³/mol. The number of hydrogen-bond acceptors (Lipinski definition) is 9. The van der Waals surface area contributed by atoms with Gasteiger partial charge in [0, 0.05) is 115 Å². The monoisotopic (exact) mass is 789 g/mol. The number of hydrogen-bond donors (Lipinski definition) is 5. The van der Waals surface area contributed by atoms with Crippen LogP contribution in [0.1, 0.15) is 79.7 Å². The van der Waals surface area contributed by atoms with Crippen molar-refractivity contribution in [1.82, 2.24) is 30.0 Å². The molecule has 2 heterocycles. The van der Waals surface area contributed by atoms with Crippen molar-refractivity contribution in [3.05, 3.63) is 118 Å². The quantitative estimate of drug-likeness (QED) is 0.0274. The molecule has 1 atom stereocenters. The van der Waals surface area contributed by atoms with Crippen molar-refractivity contribution in [2.45, 2.75) is 78.0 Å². The number of aromatic nitrogens is 2. The highest BCUT2D eigenvalue weighted by atomic mass is 35.5. The van der Waals surface area contributed by atoms with E-state index in [1.54, 1.807) is 0 Å². The fraction of sp³-hybridized carbons (Fsp3) is 0.391. The van der Waals surface area contributed by atoms with Gasteiger partial charge in [-0.2, -0.15) is 0 Å². The van der Waals surface area contributed by atoms with Crippen LogP contribution in [0, 0.1) is 29.6 Å². The molecule has 0 aliphatic carbocycles. The van der Waals surface area contributed by atoms with Gasteiger partial charge in [0.25, 0.3) is 0 Å². The summed E-state index contributed by atoms with van der Waals surface area (Å²) in [7, 11) is 3.98. The van der Waals surface area contributed by atoms with Gasteiger partial charge in [0.15, 0.2) is 0 Å². The molecule has 4 rings (SSSR count). The van der Waals surface area contributed by atoms with Gasteiger partial charge < -0.3 is 30.8 Å². The molecule has 0 bridgehead atoms. The number of likely N-dealkylation sites (N-methyl/N-ethyl adjacent to an activating group) is 2. The lowest BCUT2D eigenvalue weighted by Crippen LogP contribution is -2.41. The van der Waals surface area contributed by atoms with Crippen molar-refractivity contribution in [3.8, 4) is 23.1 Å². The number of anilines is 1. The van der Waals surface area contributed by atoms with Crippen LogP contribution in [0.2, 0.25) is 5.02 Å². The van der Waals surface area contributed by atoms with Gasteiger partial charge in [-0.3, -0.25) is 15.1 Å². The van der Waals surface area contributed by atoms with Gasteiger partial charge >= 0.3 is 0 Å². The number of halogens is 1. The highest BCUT2D eigenvalue weighted by Gasteiger charge is 2.23. The molecule has 302 valence electrons. The maximum Gasteiger partial charge on any atom is 0.222 e. The minimum Gasteiger partial charge on any atom is -0.391 e. The molecule has 1 aliphatic heterocycles. The molecule has 1 unspecified atom stereocenters. The summed E-state index contributed by atoms with van der Waals surface area (Å²) < 4.78 is 1.91. The molecule has 3 aromatic rings. The SMILES string of the molecule is C=CCCC(C(=C)NC)N(C)Cc1c(C=O)cccc1NC1CCN(CCN/C=C(/C#C/C(C)=C/c2c(-c3ccc(Cl)cc3)nc(=N)n(C(C)C)c2C)C=N)CC1. The molecule has 10 nitrogen and oxygen atoms in total. The van der Waals surface area contributed by atoms with E-state index in [-0.39, 0.29) is 17.7 Å². The molecule has 1 aromatic heterocycles. The van der Waals surface area contributed by atoms with E-state index in [9.17, 15) is 4.79 Å². The Kier molecular flexibility index (Phi) is 17.1. The van der Waals surface area contributed by atoms with E-state index in [4.69, 9.17) is 22.4 Å². The van der Waals surface area contributed by atoms with E-state index in [1.807, 2.05) is 94.1 Å². The molecular weight excluding hydrogens is 730 g/mol. The number of aldehydes is 1. The maximum atomic E-state index is 12.1. The first-order valence-electron chi connectivity index (χ1n) is 19.7. The number of allylic oxidation sites excluding steroid dienone is 3. The lowest BCUT2D eigenvalue weighted by atomic mass is 10.00.